The summed E-state index contributed by atoms with van der Waals surface area (Å²) < 4.78 is 36.6. The molecule has 0 radical (unpaired) electrons. The van der Waals surface area contributed by atoms with Crippen LogP contribution in [0.1, 0.15) is 5.69 Å². The van der Waals surface area contributed by atoms with Crippen LogP contribution < -0.4 is 0 Å². The van der Waals surface area contributed by atoms with E-state index in [9.17, 15) is 13.2 Å². The number of aromatic nitrogens is 2. The molecule has 0 aromatic carbocycles. The van der Waals surface area contributed by atoms with Gasteiger partial charge >= 0.3 is 6.18 Å². The van der Waals surface area contributed by atoms with Gasteiger partial charge in [0.05, 0.1) is 12.3 Å². The lowest BCUT2D eigenvalue weighted by Gasteiger charge is -2.06. The fourth-order valence-electron chi connectivity index (χ4n) is 0.802. The zero-order valence-corrected chi connectivity index (χ0v) is 7.93. The molecule has 1 aromatic heterocycles. The molecule has 0 atom stereocenters. The molecule has 3 nitrogen and oxygen atoms in total. The summed E-state index contributed by atoms with van der Waals surface area (Å²) in [6.45, 7) is -1.53. The molecule has 74 valence electrons. The maximum atomic E-state index is 11.9. The van der Waals surface area contributed by atoms with Crippen LogP contribution in [0.15, 0.2) is 10.7 Å². The van der Waals surface area contributed by atoms with Gasteiger partial charge in [0, 0.05) is 0 Å². The highest BCUT2D eigenvalue weighted by atomic mass is 79.9. The Morgan fingerprint density at radius 2 is 2.15 bits per heavy atom. The van der Waals surface area contributed by atoms with E-state index in [0.29, 0.717) is 0 Å². The molecule has 1 heterocycles. The number of halogens is 4. The van der Waals surface area contributed by atoms with E-state index < -0.39 is 12.7 Å². The normalized spacial score (nSPS) is 12.1. The highest BCUT2D eigenvalue weighted by Crippen LogP contribution is 2.21. The minimum atomic E-state index is -4.30. The summed E-state index contributed by atoms with van der Waals surface area (Å²) in [5.74, 6) is 0. The van der Waals surface area contributed by atoms with Gasteiger partial charge in [-0.25, -0.2) is 4.68 Å². The van der Waals surface area contributed by atoms with Crippen molar-refractivity contribution in [3.05, 3.63) is 16.4 Å². The molecule has 0 aliphatic rings. The van der Waals surface area contributed by atoms with Crippen LogP contribution in [0.3, 0.4) is 0 Å². The summed E-state index contributed by atoms with van der Waals surface area (Å²) in [6, 6.07) is 1.34. The van der Waals surface area contributed by atoms with Gasteiger partial charge in [-0.2, -0.15) is 18.3 Å². The molecule has 0 aliphatic heterocycles. The lowest BCUT2D eigenvalue weighted by molar-refractivity contribution is -0.143. The minimum Gasteiger partial charge on any atom is -0.390 e. The van der Waals surface area contributed by atoms with Gasteiger partial charge in [-0.05, 0) is 22.0 Å². The molecular formula is C6H6BrF3N2O. The first-order chi connectivity index (χ1) is 5.92. The molecule has 0 spiro atoms. The topological polar surface area (TPSA) is 38.0 Å². The molecule has 1 rings (SSSR count). The second-order valence-electron chi connectivity index (χ2n) is 2.39. The Morgan fingerprint density at radius 1 is 1.54 bits per heavy atom. The SMILES string of the molecule is OCc1cc(Br)n(CC(F)(F)F)n1. The van der Waals surface area contributed by atoms with Crippen molar-refractivity contribution in [3.63, 3.8) is 0 Å². The summed E-state index contributed by atoms with van der Waals surface area (Å²) in [5.41, 5.74) is 0.205. The van der Waals surface area contributed by atoms with Crippen molar-refractivity contribution in [1.82, 2.24) is 9.78 Å². The number of hydrogen-bond donors (Lipinski definition) is 1. The number of alkyl halides is 3. The molecule has 0 unspecified atom stereocenters. The van der Waals surface area contributed by atoms with E-state index in [1.165, 1.54) is 6.07 Å². The zero-order chi connectivity index (χ0) is 10.1. The molecule has 0 amide bonds. The quantitative estimate of drug-likeness (QED) is 0.877. The van der Waals surface area contributed by atoms with Gasteiger partial charge in [-0.3, -0.25) is 0 Å². The Balaban J connectivity index is 2.83. The third-order valence-electron chi connectivity index (χ3n) is 1.27. The summed E-state index contributed by atoms with van der Waals surface area (Å²) >= 11 is 2.90. The van der Waals surface area contributed by atoms with E-state index in [1.54, 1.807) is 0 Å². The Hall–Kier alpha value is -0.560. The lowest BCUT2D eigenvalue weighted by Crippen LogP contribution is -2.18. The second kappa shape index (κ2) is 3.67. The highest BCUT2D eigenvalue weighted by molar-refractivity contribution is 9.10. The van der Waals surface area contributed by atoms with Crippen LogP contribution in [0.4, 0.5) is 13.2 Å². The van der Waals surface area contributed by atoms with Gasteiger partial charge in [-0.1, -0.05) is 0 Å². The van der Waals surface area contributed by atoms with E-state index in [1.807, 2.05) is 0 Å². The van der Waals surface area contributed by atoms with Gasteiger partial charge in [0.2, 0.25) is 0 Å². The molecule has 0 saturated heterocycles. The lowest BCUT2D eigenvalue weighted by atomic mass is 10.5. The summed E-state index contributed by atoms with van der Waals surface area (Å²) in [4.78, 5) is 0. The predicted octanol–water partition coefficient (Wildman–Crippen LogP) is 1.70. The van der Waals surface area contributed by atoms with Crippen LogP contribution in [0.5, 0.6) is 0 Å². The van der Waals surface area contributed by atoms with Crippen LogP contribution in [-0.4, -0.2) is 21.1 Å². The predicted molar refractivity (Wildman–Crippen MR) is 41.9 cm³/mol. The third kappa shape index (κ3) is 3.00. The minimum absolute atomic E-state index is 0.203. The van der Waals surface area contributed by atoms with E-state index in [-0.39, 0.29) is 16.9 Å². The number of aliphatic hydroxyl groups is 1. The Bertz CT molecular complexity index is 297. The molecule has 1 N–H and O–H groups in total. The fourth-order valence-corrected chi connectivity index (χ4v) is 1.27. The van der Waals surface area contributed by atoms with Crippen molar-refractivity contribution in [2.24, 2.45) is 0 Å². The maximum Gasteiger partial charge on any atom is 0.408 e. The third-order valence-corrected chi connectivity index (χ3v) is 1.91. The van der Waals surface area contributed by atoms with Crippen molar-refractivity contribution in [2.75, 3.05) is 0 Å². The van der Waals surface area contributed by atoms with E-state index in [2.05, 4.69) is 21.0 Å². The van der Waals surface area contributed by atoms with E-state index in [0.717, 1.165) is 4.68 Å². The highest BCUT2D eigenvalue weighted by Gasteiger charge is 2.29. The molecule has 0 fully saturated rings. The maximum absolute atomic E-state index is 11.9. The van der Waals surface area contributed by atoms with E-state index >= 15 is 0 Å². The van der Waals surface area contributed by atoms with Crippen LogP contribution in [0.2, 0.25) is 0 Å². The molecule has 0 aliphatic carbocycles. The van der Waals surface area contributed by atoms with E-state index in [4.69, 9.17) is 5.11 Å². The molecule has 1 aromatic rings. The molecule has 0 bridgehead atoms. The number of rotatable bonds is 2. The smallest absolute Gasteiger partial charge is 0.390 e. The molecular weight excluding hydrogens is 253 g/mol. The van der Waals surface area contributed by atoms with Crippen molar-refractivity contribution >= 4 is 15.9 Å². The van der Waals surface area contributed by atoms with Gasteiger partial charge in [0.25, 0.3) is 0 Å². The molecule has 13 heavy (non-hydrogen) atoms. The summed E-state index contributed by atoms with van der Waals surface area (Å²) in [5, 5.41) is 12.1. The van der Waals surface area contributed by atoms with Gasteiger partial charge in [0.1, 0.15) is 11.1 Å². The summed E-state index contributed by atoms with van der Waals surface area (Å²) in [7, 11) is 0. The monoisotopic (exact) mass is 258 g/mol. The number of aliphatic hydroxyl groups excluding tert-OH is 1. The van der Waals surface area contributed by atoms with Gasteiger partial charge < -0.3 is 5.11 Å². The largest absolute Gasteiger partial charge is 0.408 e. The Kier molecular flexibility index (Phi) is 2.97. The van der Waals surface area contributed by atoms with Crippen molar-refractivity contribution in [2.45, 2.75) is 19.3 Å². The van der Waals surface area contributed by atoms with Crippen molar-refractivity contribution in [3.8, 4) is 0 Å². The van der Waals surface area contributed by atoms with Crippen molar-refractivity contribution < 1.29 is 18.3 Å². The Labute approximate surface area is 80.3 Å². The summed E-state index contributed by atoms with van der Waals surface area (Å²) in [6.07, 6.45) is -4.30. The first-order valence-electron chi connectivity index (χ1n) is 3.32. The zero-order valence-electron chi connectivity index (χ0n) is 6.35. The van der Waals surface area contributed by atoms with Crippen LogP contribution in [0.25, 0.3) is 0 Å². The Morgan fingerprint density at radius 3 is 2.54 bits per heavy atom. The average molecular weight is 259 g/mol. The second-order valence-corrected chi connectivity index (χ2v) is 3.20. The van der Waals surface area contributed by atoms with Crippen LogP contribution in [0, 0.1) is 0 Å². The number of hydrogen-bond acceptors (Lipinski definition) is 2. The van der Waals surface area contributed by atoms with Crippen LogP contribution >= 0.6 is 15.9 Å². The van der Waals surface area contributed by atoms with Crippen LogP contribution in [-0.2, 0) is 13.2 Å². The van der Waals surface area contributed by atoms with Gasteiger partial charge in [-0.15, -0.1) is 0 Å². The number of nitrogens with zero attached hydrogens (tertiary/aromatic N) is 2. The first kappa shape index (κ1) is 10.5. The van der Waals surface area contributed by atoms with Crippen molar-refractivity contribution in [1.29, 1.82) is 0 Å². The average Bonchev–Trinajstić information content (AvgIpc) is 2.29. The first-order valence-corrected chi connectivity index (χ1v) is 4.11. The standard InChI is InChI=1S/C6H6BrF3N2O/c7-5-1-4(2-13)11-12(5)3-6(8,9)10/h1,13H,2-3H2. The van der Waals surface area contributed by atoms with Gasteiger partial charge in [0.15, 0.2) is 0 Å². The fraction of sp³-hybridized carbons (Fsp3) is 0.500. The molecule has 0 saturated carbocycles. The molecule has 7 heteroatoms.